The van der Waals surface area contributed by atoms with Crippen LogP contribution in [0.4, 0.5) is 0 Å². The lowest BCUT2D eigenvalue weighted by Gasteiger charge is -1.93. The molecule has 0 aliphatic heterocycles. The summed E-state index contributed by atoms with van der Waals surface area (Å²) in [6.07, 6.45) is 9.73. The number of hydrogen-bond acceptors (Lipinski definition) is 0. The first-order valence-corrected chi connectivity index (χ1v) is 4.35. The highest BCUT2D eigenvalue weighted by molar-refractivity contribution is 5.51. The van der Waals surface area contributed by atoms with Crippen molar-refractivity contribution in [3.05, 3.63) is 66.3 Å². The highest BCUT2D eigenvalue weighted by Gasteiger charge is 1.84. The third-order valence-corrected chi connectivity index (χ3v) is 1.69. The molecule has 0 bridgehead atoms. The van der Waals surface area contributed by atoms with Gasteiger partial charge >= 0.3 is 0 Å². The van der Waals surface area contributed by atoms with Crippen molar-refractivity contribution in [2.45, 2.75) is 6.92 Å². The van der Waals surface area contributed by atoms with Gasteiger partial charge in [-0.1, -0.05) is 66.8 Å². The summed E-state index contributed by atoms with van der Waals surface area (Å²) >= 11 is 0. The summed E-state index contributed by atoms with van der Waals surface area (Å²) < 4.78 is 0. The van der Waals surface area contributed by atoms with E-state index < -0.39 is 0 Å². The molecule has 0 unspecified atom stereocenters. The van der Waals surface area contributed by atoms with Crippen LogP contribution < -0.4 is 0 Å². The van der Waals surface area contributed by atoms with E-state index in [0.717, 1.165) is 0 Å². The van der Waals surface area contributed by atoms with Gasteiger partial charge in [0.25, 0.3) is 0 Å². The van der Waals surface area contributed by atoms with Gasteiger partial charge in [0, 0.05) is 0 Å². The fourth-order valence-corrected chi connectivity index (χ4v) is 1.08. The van der Waals surface area contributed by atoms with Gasteiger partial charge in [-0.25, -0.2) is 0 Å². The predicted molar refractivity (Wildman–Crippen MR) is 59.6 cm³/mol. The molecule has 66 valence electrons. The maximum atomic E-state index is 3.60. The number of rotatable bonds is 3. The van der Waals surface area contributed by atoms with Crippen LogP contribution in [0.1, 0.15) is 11.1 Å². The van der Waals surface area contributed by atoms with E-state index in [1.807, 2.05) is 18.2 Å². The smallest absolute Gasteiger partial charge is 0.0254 e. The zero-order chi connectivity index (χ0) is 9.52. The fourth-order valence-electron chi connectivity index (χ4n) is 1.08. The largest absolute Gasteiger partial charge is 0.0991 e. The van der Waals surface area contributed by atoms with Crippen LogP contribution in [0.2, 0.25) is 0 Å². The lowest BCUT2D eigenvalue weighted by Crippen LogP contribution is -1.73. The van der Waals surface area contributed by atoms with Gasteiger partial charge in [-0.15, -0.1) is 0 Å². The Morgan fingerprint density at radius 1 is 1.15 bits per heavy atom. The van der Waals surface area contributed by atoms with Gasteiger partial charge in [0.1, 0.15) is 0 Å². The Bertz CT molecular complexity index is 330. The molecule has 13 heavy (non-hydrogen) atoms. The molecule has 0 amide bonds. The van der Waals surface area contributed by atoms with Crippen LogP contribution in [0.5, 0.6) is 0 Å². The topological polar surface area (TPSA) is 0 Å². The van der Waals surface area contributed by atoms with Crippen LogP contribution in [-0.2, 0) is 0 Å². The Kier molecular flexibility index (Phi) is 3.77. The van der Waals surface area contributed by atoms with Crippen LogP contribution in [0.25, 0.3) is 6.08 Å². The minimum Gasteiger partial charge on any atom is -0.0991 e. The number of hydrogen-bond donors (Lipinski definition) is 0. The maximum Gasteiger partial charge on any atom is -0.0254 e. The summed E-state index contributed by atoms with van der Waals surface area (Å²) in [5.41, 5.74) is 2.52. The molecule has 1 rings (SSSR count). The van der Waals surface area contributed by atoms with Gasteiger partial charge in [-0.2, -0.15) is 0 Å². The van der Waals surface area contributed by atoms with Crippen molar-refractivity contribution in [2.24, 2.45) is 0 Å². The molecule has 0 fully saturated rings. The molecule has 0 heteroatoms. The standard InChI is InChI=1S/C13H14/c1-3-4-5-6-9-13-10-7-8-12(2)11-13/h3-11H,1H2,2H3. The molecule has 0 aliphatic rings. The van der Waals surface area contributed by atoms with Crippen LogP contribution in [0.3, 0.4) is 0 Å². The fraction of sp³-hybridized carbons (Fsp3) is 0.0769. The molecule has 1 aromatic carbocycles. The van der Waals surface area contributed by atoms with E-state index in [9.17, 15) is 0 Å². The van der Waals surface area contributed by atoms with Crippen LogP contribution in [-0.4, -0.2) is 0 Å². The summed E-state index contributed by atoms with van der Waals surface area (Å²) in [4.78, 5) is 0. The first kappa shape index (κ1) is 9.53. The summed E-state index contributed by atoms with van der Waals surface area (Å²) in [5, 5.41) is 0. The average Bonchev–Trinajstić information content (AvgIpc) is 2.13. The minimum absolute atomic E-state index is 1.23. The molecule has 0 N–H and O–H groups in total. The quantitative estimate of drug-likeness (QED) is 0.606. The van der Waals surface area contributed by atoms with Gasteiger partial charge in [0.15, 0.2) is 0 Å². The molecule has 1 aromatic rings. The molecule has 0 heterocycles. The molecule has 0 spiro atoms. The van der Waals surface area contributed by atoms with Crippen LogP contribution in [0, 0.1) is 6.92 Å². The normalized spacial score (nSPS) is 11.2. The molecule has 0 atom stereocenters. The van der Waals surface area contributed by atoms with Crippen molar-refractivity contribution in [3.63, 3.8) is 0 Å². The SMILES string of the molecule is C=CC=CC=Cc1cccc(C)c1. The zero-order valence-electron chi connectivity index (χ0n) is 7.90. The van der Waals surface area contributed by atoms with Gasteiger partial charge in [0.2, 0.25) is 0 Å². The molecule has 0 saturated carbocycles. The lowest BCUT2D eigenvalue weighted by molar-refractivity contribution is 1.46. The minimum atomic E-state index is 1.23. The summed E-state index contributed by atoms with van der Waals surface area (Å²) in [6.45, 7) is 5.69. The van der Waals surface area contributed by atoms with Crippen LogP contribution >= 0.6 is 0 Å². The second kappa shape index (κ2) is 5.15. The van der Waals surface area contributed by atoms with E-state index in [4.69, 9.17) is 0 Å². The first-order chi connectivity index (χ1) is 6.33. The third-order valence-electron chi connectivity index (χ3n) is 1.69. The van der Waals surface area contributed by atoms with Gasteiger partial charge < -0.3 is 0 Å². The van der Waals surface area contributed by atoms with E-state index >= 15 is 0 Å². The van der Waals surface area contributed by atoms with Crippen molar-refractivity contribution >= 4 is 6.08 Å². The van der Waals surface area contributed by atoms with Crippen molar-refractivity contribution in [2.75, 3.05) is 0 Å². The van der Waals surface area contributed by atoms with Crippen molar-refractivity contribution in [1.29, 1.82) is 0 Å². The molecule has 0 aliphatic carbocycles. The van der Waals surface area contributed by atoms with Crippen molar-refractivity contribution < 1.29 is 0 Å². The highest BCUT2D eigenvalue weighted by atomic mass is 13.9. The van der Waals surface area contributed by atoms with Crippen molar-refractivity contribution in [3.8, 4) is 0 Å². The van der Waals surface area contributed by atoms with E-state index in [2.05, 4.69) is 43.8 Å². The van der Waals surface area contributed by atoms with E-state index in [1.54, 1.807) is 6.08 Å². The monoisotopic (exact) mass is 170 g/mol. The molecular weight excluding hydrogens is 156 g/mol. The summed E-state index contributed by atoms with van der Waals surface area (Å²) in [7, 11) is 0. The second-order valence-corrected chi connectivity index (χ2v) is 2.89. The molecule has 0 radical (unpaired) electrons. The summed E-state index contributed by atoms with van der Waals surface area (Å²) in [6, 6.07) is 8.40. The summed E-state index contributed by atoms with van der Waals surface area (Å²) in [5.74, 6) is 0. The Labute approximate surface area is 79.9 Å². The first-order valence-electron chi connectivity index (χ1n) is 4.35. The molecular formula is C13H14. The Morgan fingerprint density at radius 2 is 2.00 bits per heavy atom. The van der Waals surface area contributed by atoms with E-state index in [1.165, 1.54) is 11.1 Å². The number of aryl methyl sites for hydroxylation is 1. The molecule has 0 nitrogen and oxygen atoms in total. The highest BCUT2D eigenvalue weighted by Crippen LogP contribution is 2.05. The lowest BCUT2D eigenvalue weighted by atomic mass is 10.1. The number of allylic oxidation sites excluding steroid dienone is 4. The van der Waals surface area contributed by atoms with Crippen molar-refractivity contribution in [1.82, 2.24) is 0 Å². The van der Waals surface area contributed by atoms with Crippen LogP contribution in [0.15, 0.2) is 55.1 Å². The molecule has 0 saturated heterocycles. The Hall–Kier alpha value is -1.56. The third kappa shape index (κ3) is 3.57. The second-order valence-electron chi connectivity index (χ2n) is 2.89. The number of benzene rings is 1. The Balaban J connectivity index is 2.68. The van der Waals surface area contributed by atoms with Gasteiger partial charge in [0.05, 0.1) is 0 Å². The predicted octanol–water partition coefficient (Wildman–Crippen LogP) is 3.75. The van der Waals surface area contributed by atoms with E-state index in [-0.39, 0.29) is 0 Å². The van der Waals surface area contributed by atoms with E-state index in [0.29, 0.717) is 0 Å². The Morgan fingerprint density at radius 3 is 2.69 bits per heavy atom. The zero-order valence-corrected chi connectivity index (χ0v) is 7.90. The molecule has 0 aromatic heterocycles. The maximum absolute atomic E-state index is 3.60. The average molecular weight is 170 g/mol. The van der Waals surface area contributed by atoms with Gasteiger partial charge in [-0.05, 0) is 12.5 Å². The van der Waals surface area contributed by atoms with Gasteiger partial charge in [-0.3, -0.25) is 0 Å².